The number of hydrogen-bond acceptors (Lipinski definition) is 4. The van der Waals surface area contributed by atoms with E-state index in [4.69, 9.17) is 21.1 Å². The lowest BCUT2D eigenvalue weighted by atomic mass is 10.1. The lowest BCUT2D eigenvalue weighted by molar-refractivity contribution is -0.921. The first kappa shape index (κ1) is 15.2. The Bertz CT molecular complexity index is 686. The smallest absolute Gasteiger partial charge is 0.231 e. The van der Waals surface area contributed by atoms with E-state index in [-0.39, 0.29) is 12.5 Å². The van der Waals surface area contributed by atoms with E-state index >= 15 is 0 Å². The number of hydrogen-bond donors (Lipinski definition) is 2. The zero-order valence-electron chi connectivity index (χ0n) is 12.0. The SMILES string of the molecule is C=CC[NH+](Cc1ccc(Cl)s1)Cc1cc2c(cc1O)OCO2. The molecule has 116 valence electrons. The molecule has 3 rings (SSSR count). The molecule has 1 atom stereocenters. The average molecular weight is 339 g/mol. The van der Waals surface area contributed by atoms with Gasteiger partial charge in [-0.3, -0.25) is 0 Å². The second-order valence-electron chi connectivity index (χ2n) is 5.14. The van der Waals surface area contributed by atoms with Gasteiger partial charge >= 0.3 is 0 Å². The largest absolute Gasteiger partial charge is 0.507 e. The minimum atomic E-state index is 0.204. The molecule has 6 heteroatoms. The summed E-state index contributed by atoms with van der Waals surface area (Å²) in [6.45, 7) is 6.32. The Kier molecular flexibility index (Phi) is 4.57. The molecule has 2 N–H and O–H groups in total. The number of halogens is 1. The predicted molar refractivity (Wildman–Crippen MR) is 87.0 cm³/mol. The maximum absolute atomic E-state index is 10.2. The highest BCUT2D eigenvalue weighted by atomic mass is 35.5. The van der Waals surface area contributed by atoms with Gasteiger partial charge in [-0.25, -0.2) is 0 Å². The summed E-state index contributed by atoms with van der Waals surface area (Å²) < 4.78 is 11.4. The standard InChI is InChI=1S/C16H16ClNO3S/c1-2-5-18(9-12-3-4-16(17)22-12)8-11-6-14-15(7-13(11)19)21-10-20-14/h2-4,6-7,19H,1,5,8-10H2/p+1. The Hall–Kier alpha value is -1.69. The molecule has 0 saturated heterocycles. The molecular weight excluding hydrogens is 322 g/mol. The molecule has 1 unspecified atom stereocenters. The minimum absolute atomic E-state index is 0.204. The number of fused-ring (bicyclic) bond motifs is 1. The molecule has 0 radical (unpaired) electrons. The van der Waals surface area contributed by atoms with Crippen molar-refractivity contribution in [2.45, 2.75) is 13.1 Å². The van der Waals surface area contributed by atoms with Crippen molar-refractivity contribution in [1.29, 1.82) is 0 Å². The fourth-order valence-corrected chi connectivity index (χ4v) is 3.65. The van der Waals surface area contributed by atoms with Gasteiger partial charge in [0.1, 0.15) is 18.8 Å². The normalized spacial score (nSPS) is 14.0. The third-order valence-electron chi connectivity index (χ3n) is 3.50. The number of thiophene rings is 1. The van der Waals surface area contributed by atoms with Crippen molar-refractivity contribution in [3.63, 3.8) is 0 Å². The van der Waals surface area contributed by atoms with Crippen molar-refractivity contribution in [2.75, 3.05) is 13.3 Å². The Morgan fingerprint density at radius 2 is 2.05 bits per heavy atom. The van der Waals surface area contributed by atoms with Crippen molar-refractivity contribution >= 4 is 22.9 Å². The summed E-state index contributed by atoms with van der Waals surface area (Å²) in [5, 5.41) is 10.2. The molecule has 0 bridgehead atoms. The molecule has 1 aliphatic heterocycles. The number of phenolic OH excluding ortho intramolecular Hbond substituents is 1. The van der Waals surface area contributed by atoms with Gasteiger partial charge in [-0.05, 0) is 24.3 Å². The van der Waals surface area contributed by atoms with Crippen LogP contribution in [0.4, 0.5) is 0 Å². The monoisotopic (exact) mass is 338 g/mol. The maximum Gasteiger partial charge on any atom is 0.231 e. The molecule has 1 aliphatic rings. The highest BCUT2D eigenvalue weighted by Crippen LogP contribution is 2.37. The fourth-order valence-electron chi connectivity index (χ4n) is 2.49. The lowest BCUT2D eigenvalue weighted by Gasteiger charge is -2.18. The second-order valence-corrected chi connectivity index (χ2v) is 6.94. The number of quaternary nitrogens is 1. The molecular formula is C16H17ClNO3S+. The van der Waals surface area contributed by atoms with Crippen LogP contribution in [0.2, 0.25) is 4.34 Å². The van der Waals surface area contributed by atoms with Crippen LogP contribution < -0.4 is 14.4 Å². The van der Waals surface area contributed by atoms with Crippen LogP contribution in [-0.4, -0.2) is 18.4 Å². The number of rotatable bonds is 6. The third-order valence-corrected chi connectivity index (χ3v) is 4.73. The topological polar surface area (TPSA) is 43.1 Å². The average Bonchev–Trinajstić information content (AvgIpc) is 3.08. The van der Waals surface area contributed by atoms with E-state index in [1.807, 2.05) is 24.3 Å². The molecule has 0 aliphatic carbocycles. The Morgan fingerprint density at radius 1 is 1.27 bits per heavy atom. The third kappa shape index (κ3) is 3.38. The van der Waals surface area contributed by atoms with Gasteiger partial charge in [-0.2, -0.15) is 0 Å². The minimum Gasteiger partial charge on any atom is -0.507 e. The quantitative estimate of drug-likeness (QED) is 0.796. The van der Waals surface area contributed by atoms with Crippen molar-refractivity contribution in [3.05, 3.63) is 51.7 Å². The van der Waals surface area contributed by atoms with Gasteiger partial charge in [-0.15, -0.1) is 11.3 Å². The summed E-state index contributed by atoms with van der Waals surface area (Å²) in [5.41, 5.74) is 0.837. The van der Waals surface area contributed by atoms with Crippen molar-refractivity contribution < 1.29 is 19.5 Å². The summed E-state index contributed by atoms with van der Waals surface area (Å²) in [4.78, 5) is 2.48. The van der Waals surface area contributed by atoms with Crippen LogP contribution in [0.3, 0.4) is 0 Å². The molecule has 2 heterocycles. The molecule has 2 aromatic rings. The number of phenols is 1. The number of benzene rings is 1. The molecule has 1 aromatic heterocycles. The second kappa shape index (κ2) is 6.60. The van der Waals surface area contributed by atoms with Gasteiger partial charge in [0.05, 0.1) is 21.3 Å². The van der Waals surface area contributed by atoms with Gasteiger partial charge < -0.3 is 19.5 Å². The van der Waals surface area contributed by atoms with Gasteiger partial charge in [0.2, 0.25) is 6.79 Å². The number of ether oxygens (including phenoxy) is 2. The summed E-state index contributed by atoms with van der Waals surface area (Å²) >= 11 is 7.57. The van der Waals surface area contributed by atoms with Crippen LogP contribution in [0.5, 0.6) is 17.2 Å². The fraction of sp³-hybridized carbons (Fsp3) is 0.250. The lowest BCUT2D eigenvalue weighted by Crippen LogP contribution is -3.09. The van der Waals surface area contributed by atoms with Crippen molar-refractivity contribution in [1.82, 2.24) is 0 Å². The molecule has 1 aromatic carbocycles. The molecule has 0 fully saturated rings. The molecule has 0 saturated carbocycles. The zero-order valence-corrected chi connectivity index (χ0v) is 13.5. The number of aromatic hydroxyl groups is 1. The summed E-state index contributed by atoms with van der Waals surface area (Å²) in [5.74, 6) is 1.51. The molecule has 0 spiro atoms. The van der Waals surface area contributed by atoms with Crippen LogP contribution in [-0.2, 0) is 13.1 Å². The van der Waals surface area contributed by atoms with Crippen LogP contribution in [0.25, 0.3) is 0 Å². The summed E-state index contributed by atoms with van der Waals surface area (Å²) in [7, 11) is 0. The van der Waals surface area contributed by atoms with Gasteiger partial charge in [0.25, 0.3) is 0 Å². The van der Waals surface area contributed by atoms with Crippen molar-refractivity contribution in [3.8, 4) is 17.2 Å². The zero-order chi connectivity index (χ0) is 15.5. The van der Waals surface area contributed by atoms with E-state index < -0.39 is 0 Å². The maximum atomic E-state index is 10.2. The highest BCUT2D eigenvalue weighted by Gasteiger charge is 2.20. The Morgan fingerprint density at radius 3 is 2.73 bits per heavy atom. The van der Waals surface area contributed by atoms with E-state index in [2.05, 4.69) is 6.58 Å². The Balaban J connectivity index is 1.77. The van der Waals surface area contributed by atoms with Gasteiger partial charge in [-0.1, -0.05) is 18.2 Å². The van der Waals surface area contributed by atoms with Crippen LogP contribution in [0, 0.1) is 0 Å². The molecule has 22 heavy (non-hydrogen) atoms. The summed E-state index contributed by atoms with van der Waals surface area (Å²) in [6.07, 6.45) is 1.88. The van der Waals surface area contributed by atoms with Crippen LogP contribution >= 0.6 is 22.9 Å². The van der Waals surface area contributed by atoms with Crippen LogP contribution in [0.15, 0.2) is 36.9 Å². The first-order valence-electron chi connectivity index (χ1n) is 6.96. The van der Waals surface area contributed by atoms with E-state index in [1.165, 1.54) is 9.78 Å². The first-order valence-corrected chi connectivity index (χ1v) is 8.15. The van der Waals surface area contributed by atoms with Crippen LogP contribution in [0.1, 0.15) is 10.4 Å². The first-order chi connectivity index (χ1) is 10.7. The van der Waals surface area contributed by atoms with E-state index in [1.54, 1.807) is 17.4 Å². The van der Waals surface area contributed by atoms with E-state index in [0.29, 0.717) is 18.0 Å². The van der Waals surface area contributed by atoms with Gasteiger partial charge in [0.15, 0.2) is 11.5 Å². The van der Waals surface area contributed by atoms with Crippen molar-refractivity contribution in [2.24, 2.45) is 0 Å². The number of nitrogens with one attached hydrogen (secondary N) is 1. The van der Waals surface area contributed by atoms with E-state index in [0.717, 1.165) is 23.0 Å². The Labute approximate surface area is 138 Å². The highest BCUT2D eigenvalue weighted by molar-refractivity contribution is 7.16. The molecule has 0 amide bonds. The predicted octanol–water partition coefficient (Wildman–Crippen LogP) is 2.61. The summed E-state index contributed by atoms with van der Waals surface area (Å²) in [6, 6.07) is 7.41. The van der Waals surface area contributed by atoms with E-state index in [9.17, 15) is 5.11 Å². The van der Waals surface area contributed by atoms with Gasteiger partial charge in [0, 0.05) is 6.07 Å². The molecule has 4 nitrogen and oxygen atoms in total.